The van der Waals surface area contributed by atoms with E-state index in [0.717, 1.165) is 0 Å². The molecule has 0 unspecified atom stereocenters. The van der Waals surface area contributed by atoms with Crippen LogP contribution in [0.4, 0.5) is 5.69 Å². The van der Waals surface area contributed by atoms with Gasteiger partial charge in [-0.05, 0) is 24.3 Å². The van der Waals surface area contributed by atoms with Crippen molar-refractivity contribution >= 4 is 21.6 Å². The highest BCUT2D eigenvalue weighted by Crippen LogP contribution is 2.12. The fourth-order valence-corrected chi connectivity index (χ4v) is 2.25. The standard InChI is InChI=1S/C10H16N4O4S/c11-10(15)7-18-6-5-13-19(16,17)9-3-1-8(14-12)2-4-9/h1-4,13-14H,5-7,12H2,(H2,11,15). The molecule has 0 aliphatic rings. The van der Waals surface area contributed by atoms with Crippen molar-refractivity contribution in [2.24, 2.45) is 11.6 Å². The van der Waals surface area contributed by atoms with Crippen molar-refractivity contribution in [3.05, 3.63) is 24.3 Å². The van der Waals surface area contributed by atoms with Gasteiger partial charge >= 0.3 is 0 Å². The third-order valence-corrected chi connectivity index (χ3v) is 3.59. The van der Waals surface area contributed by atoms with Crippen molar-refractivity contribution in [2.75, 3.05) is 25.2 Å². The monoisotopic (exact) mass is 288 g/mol. The van der Waals surface area contributed by atoms with Gasteiger partial charge in [-0.15, -0.1) is 0 Å². The van der Waals surface area contributed by atoms with Crippen molar-refractivity contribution in [3.8, 4) is 0 Å². The van der Waals surface area contributed by atoms with Crippen LogP contribution in [0.1, 0.15) is 0 Å². The highest BCUT2D eigenvalue weighted by molar-refractivity contribution is 7.89. The normalized spacial score (nSPS) is 11.2. The maximum absolute atomic E-state index is 11.8. The molecular weight excluding hydrogens is 272 g/mol. The quantitative estimate of drug-likeness (QED) is 0.268. The number of primary amides is 1. The van der Waals surface area contributed by atoms with Crippen molar-refractivity contribution in [2.45, 2.75) is 4.90 Å². The molecule has 106 valence electrons. The molecule has 0 saturated heterocycles. The predicted molar refractivity (Wildman–Crippen MR) is 69.5 cm³/mol. The number of carbonyl (C=O) groups is 1. The summed E-state index contributed by atoms with van der Waals surface area (Å²) in [5.41, 5.74) is 7.86. The molecule has 0 aliphatic heterocycles. The molecule has 0 atom stereocenters. The van der Waals surface area contributed by atoms with Gasteiger partial charge in [0.25, 0.3) is 0 Å². The topological polar surface area (TPSA) is 137 Å². The molecule has 1 aromatic carbocycles. The van der Waals surface area contributed by atoms with Crippen molar-refractivity contribution in [1.82, 2.24) is 4.72 Å². The number of anilines is 1. The summed E-state index contributed by atoms with van der Waals surface area (Å²) in [6.07, 6.45) is 0. The second-order valence-corrected chi connectivity index (χ2v) is 5.35. The minimum Gasteiger partial charge on any atom is -0.370 e. The number of rotatable bonds is 8. The molecule has 0 saturated carbocycles. The van der Waals surface area contributed by atoms with E-state index in [0.29, 0.717) is 5.69 Å². The number of hydrogen-bond donors (Lipinski definition) is 4. The molecule has 0 radical (unpaired) electrons. The summed E-state index contributed by atoms with van der Waals surface area (Å²) in [5.74, 6) is 4.57. The van der Waals surface area contributed by atoms with Gasteiger partial charge in [-0.25, -0.2) is 13.1 Å². The van der Waals surface area contributed by atoms with Gasteiger partial charge in [0.05, 0.1) is 11.5 Å². The highest BCUT2D eigenvalue weighted by Gasteiger charge is 2.12. The van der Waals surface area contributed by atoms with Gasteiger partial charge in [0.2, 0.25) is 15.9 Å². The first-order valence-electron chi connectivity index (χ1n) is 5.38. The van der Waals surface area contributed by atoms with E-state index in [-0.39, 0.29) is 24.7 Å². The lowest BCUT2D eigenvalue weighted by Gasteiger charge is -2.07. The van der Waals surface area contributed by atoms with Crippen molar-refractivity contribution in [3.63, 3.8) is 0 Å². The Hall–Kier alpha value is -1.68. The lowest BCUT2D eigenvalue weighted by Crippen LogP contribution is -2.29. The number of nitrogen functional groups attached to an aromatic ring is 1. The number of nitrogens with two attached hydrogens (primary N) is 2. The van der Waals surface area contributed by atoms with E-state index in [1.54, 1.807) is 0 Å². The molecule has 19 heavy (non-hydrogen) atoms. The molecule has 0 spiro atoms. The zero-order valence-electron chi connectivity index (χ0n) is 10.1. The summed E-state index contributed by atoms with van der Waals surface area (Å²) < 4.78 is 30.8. The molecular formula is C10H16N4O4S. The Morgan fingerprint density at radius 1 is 1.26 bits per heavy atom. The first-order chi connectivity index (χ1) is 8.95. The van der Waals surface area contributed by atoms with Gasteiger partial charge < -0.3 is 15.9 Å². The maximum atomic E-state index is 11.8. The van der Waals surface area contributed by atoms with Gasteiger partial charge in [0.1, 0.15) is 6.61 Å². The molecule has 1 aromatic rings. The number of carbonyl (C=O) groups excluding carboxylic acids is 1. The van der Waals surface area contributed by atoms with Crippen molar-refractivity contribution in [1.29, 1.82) is 0 Å². The summed E-state index contributed by atoms with van der Waals surface area (Å²) >= 11 is 0. The van der Waals surface area contributed by atoms with Gasteiger partial charge in [-0.2, -0.15) is 0 Å². The van der Waals surface area contributed by atoms with Crippen LogP contribution >= 0.6 is 0 Å². The van der Waals surface area contributed by atoms with Gasteiger partial charge in [0.15, 0.2) is 0 Å². The Morgan fingerprint density at radius 2 is 1.89 bits per heavy atom. The lowest BCUT2D eigenvalue weighted by molar-refractivity contribution is -0.122. The van der Waals surface area contributed by atoms with Crippen LogP contribution in [0.15, 0.2) is 29.2 Å². The molecule has 6 N–H and O–H groups in total. The average molecular weight is 288 g/mol. The van der Waals surface area contributed by atoms with Crippen LogP contribution in [-0.2, 0) is 19.6 Å². The Balaban J connectivity index is 2.48. The molecule has 0 aliphatic carbocycles. The molecule has 1 amide bonds. The van der Waals surface area contributed by atoms with Gasteiger partial charge in [-0.1, -0.05) is 0 Å². The fourth-order valence-electron chi connectivity index (χ4n) is 1.23. The summed E-state index contributed by atoms with van der Waals surface area (Å²) in [4.78, 5) is 10.5. The summed E-state index contributed by atoms with van der Waals surface area (Å²) in [6, 6.07) is 5.92. The Morgan fingerprint density at radius 3 is 2.42 bits per heavy atom. The maximum Gasteiger partial charge on any atom is 0.243 e. The number of benzene rings is 1. The third kappa shape index (κ3) is 5.22. The third-order valence-electron chi connectivity index (χ3n) is 2.11. The van der Waals surface area contributed by atoms with Crippen LogP contribution in [-0.4, -0.2) is 34.1 Å². The van der Waals surface area contributed by atoms with Crippen LogP contribution in [0.2, 0.25) is 0 Å². The van der Waals surface area contributed by atoms with Crippen LogP contribution in [0.5, 0.6) is 0 Å². The number of hydrazine groups is 1. The van der Waals surface area contributed by atoms with Crippen LogP contribution < -0.4 is 21.7 Å². The van der Waals surface area contributed by atoms with Crippen LogP contribution in [0, 0.1) is 0 Å². The Bertz CT molecular complexity index is 515. The first-order valence-corrected chi connectivity index (χ1v) is 6.86. The molecule has 0 heterocycles. The van der Waals surface area contributed by atoms with E-state index < -0.39 is 15.9 Å². The van der Waals surface area contributed by atoms with E-state index in [1.807, 2.05) is 0 Å². The first kappa shape index (κ1) is 15.4. The molecule has 0 fully saturated rings. The Kier molecular flexibility index (Phi) is 5.70. The second kappa shape index (κ2) is 7.04. The van der Waals surface area contributed by atoms with Crippen molar-refractivity contribution < 1.29 is 17.9 Å². The largest absolute Gasteiger partial charge is 0.370 e. The summed E-state index contributed by atoms with van der Waals surface area (Å²) in [5, 5.41) is 0. The predicted octanol–water partition coefficient (Wildman–Crippen LogP) is -1.25. The lowest BCUT2D eigenvalue weighted by atomic mass is 10.3. The average Bonchev–Trinajstić information content (AvgIpc) is 2.38. The number of sulfonamides is 1. The zero-order valence-corrected chi connectivity index (χ0v) is 10.9. The van der Waals surface area contributed by atoms with Crippen LogP contribution in [0.25, 0.3) is 0 Å². The summed E-state index contributed by atoms with van der Waals surface area (Å²) in [6.45, 7) is -0.129. The molecule has 0 bridgehead atoms. The molecule has 9 heteroatoms. The zero-order chi connectivity index (χ0) is 14.3. The van der Waals surface area contributed by atoms with Crippen LogP contribution in [0.3, 0.4) is 0 Å². The van der Waals surface area contributed by atoms with E-state index in [2.05, 4.69) is 10.1 Å². The summed E-state index contributed by atoms with van der Waals surface area (Å²) in [7, 11) is -3.60. The van der Waals surface area contributed by atoms with E-state index in [4.69, 9.17) is 16.3 Å². The van der Waals surface area contributed by atoms with E-state index in [9.17, 15) is 13.2 Å². The minimum absolute atomic E-state index is 0.0481. The van der Waals surface area contributed by atoms with Gasteiger partial charge in [-0.3, -0.25) is 10.6 Å². The fraction of sp³-hybridized carbons (Fsp3) is 0.300. The Labute approximate surface area is 111 Å². The smallest absolute Gasteiger partial charge is 0.243 e. The molecule has 0 aromatic heterocycles. The number of amides is 1. The number of nitrogens with one attached hydrogen (secondary N) is 2. The molecule has 8 nitrogen and oxygen atoms in total. The highest BCUT2D eigenvalue weighted by atomic mass is 32.2. The van der Waals surface area contributed by atoms with E-state index in [1.165, 1.54) is 24.3 Å². The molecule has 1 rings (SSSR count). The van der Waals surface area contributed by atoms with E-state index >= 15 is 0 Å². The van der Waals surface area contributed by atoms with Gasteiger partial charge in [0, 0.05) is 12.2 Å². The minimum atomic E-state index is -3.60. The number of ether oxygens (including phenoxy) is 1. The SMILES string of the molecule is NNc1ccc(S(=O)(=O)NCCOCC(N)=O)cc1. The second-order valence-electron chi connectivity index (χ2n) is 3.59. The number of hydrogen-bond acceptors (Lipinski definition) is 6.